The van der Waals surface area contributed by atoms with Crippen molar-refractivity contribution >= 4 is 23.8 Å². The first-order valence-electron chi connectivity index (χ1n) is 8.59. The SMILES string of the molecule is Cc1cccc(CN2CCN(C(=O)CN3C(=O)CNC3=O)[C@H](C)C2=O)c1. The third-order valence-corrected chi connectivity index (χ3v) is 4.75. The van der Waals surface area contributed by atoms with Crippen LogP contribution in [-0.2, 0) is 20.9 Å². The third kappa shape index (κ3) is 3.54. The molecule has 0 aliphatic carbocycles. The molecule has 8 nitrogen and oxygen atoms in total. The predicted molar refractivity (Wildman–Crippen MR) is 92.9 cm³/mol. The summed E-state index contributed by atoms with van der Waals surface area (Å²) >= 11 is 0. The number of rotatable bonds is 4. The fourth-order valence-electron chi connectivity index (χ4n) is 3.30. The van der Waals surface area contributed by atoms with E-state index in [1.165, 1.54) is 4.90 Å². The number of carbonyl (C=O) groups excluding carboxylic acids is 4. The van der Waals surface area contributed by atoms with Crippen LogP contribution in [0.15, 0.2) is 24.3 Å². The van der Waals surface area contributed by atoms with E-state index in [0.717, 1.165) is 16.0 Å². The first-order chi connectivity index (χ1) is 12.4. The highest BCUT2D eigenvalue weighted by molar-refractivity contribution is 6.04. The molecule has 1 N–H and O–H groups in total. The Morgan fingerprint density at radius 3 is 2.65 bits per heavy atom. The largest absolute Gasteiger partial charge is 0.335 e. The molecule has 0 bridgehead atoms. The number of carbonyl (C=O) groups is 4. The average Bonchev–Trinajstić information content (AvgIpc) is 2.91. The third-order valence-electron chi connectivity index (χ3n) is 4.75. The van der Waals surface area contributed by atoms with E-state index in [9.17, 15) is 19.2 Å². The van der Waals surface area contributed by atoms with Crippen molar-refractivity contribution in [1.82, 2.24) is 20.0 Å². The van der Waals surface area contributed by atoms with Gasteiger partial charge in [-0.15, -0.1) is 0 Å². The normalized spacial score (nSPS) is 20.6. The van der Waals surface area contributed by atoms with Crippen LogP contribution in [0.5, 0.6) is 0 Å². The van der Waals surface area contributed by atoms with Crippen LogP contribution in [-0.4, -0.2) is 70.7 Å². The van der Waals surface area contributed by atoms with Crippen molar-refractivity contribution in [2.75, 3.05) is 26.2 Å². The lowest BCUT2D eigenvalue weighted by molar-refractivity contribution is -0.151. The Morgan fingerprint density at radius 1 is 1.23 bits per heavy atom. The maximum atomic E-state index is 12.7. The van der Waals surface area contributed by atoms with Crippen LogP contribution in [0.2, 0.25) is 0 Å². The van der Waals surface area contributed by atoms with E-state index in [2.05, 4.69) is 5.32 Å². The Morgan fingerprint density at radius 2 is 2.00 bits per heavy atom. The van der Waals surface area contributed by atoms with Gasteiger partial charge in [-0.2, -0.15) is 0 Å². The summed E-state index contributed by atoms with van der Waals surface area (Å²) < 4.78 is 0. The van der Waals surface area contributed by atoms with Crippen molar-refractivity contribution in [1.29, 1.82) is 0 Å². The van der Waals surface area contributed by atoms with Gasteiger partial charge in [0.15, 0.2) is 0 Å². The van der Waals surface area contributed by atoms with Gasteiger partial charge in [0.2, 0.25) is 11.8 Å². The average molecular weight is 358 g/mol. The van der Waals surface area contributed by atoms with E-state index in [1.54, 1.807) is 11.8 Å². The number of urea groups is 1. The quantitative estimate of drug-likeness (QED) is 0.774. The zero-order chi connectivity index (χ0) is 18.8. The molecule has 1 aromatic rings. The molecule has 1 atom stereocenters. The molecule has 2 heterocycles. The van der Waals surface area contributed by atoms with Gasteiger partial charge in [-0.25, -0.2) is 4.79 Å². The van der Waals surface area contributed by atoms with Crippen LogP contribution in [0.25, 0.3) is 0 Å². The monoisotopic (exact) mass is 358 g/mol. The van der Waals surface area contributed by atoms with E-state index < -0.39 is 23.9 Å². The lowest BCUT2D eigenvalue weighted by atomic mass is 10.1. The molecule has 0 saturated carbocycles. The number of benzene rings is 1. The van der Waals surface area contributed by atoms with Crippen LogP contribution in [0.3, 0.4) is 0 Å². The van der Waals surface area contributed by atoms with Crippen LogP contribution in [0.4, 0.5) is 4.79 Å². The summed E-state index contributed by atoms with van der Waals surface area (Å²) in [6, 6.07) is 6.77. The maximum Gasteiger partial charge on any atom is 0.325 e. The summed E-state index contributed by atoms with van der Waals surface area (Å²) in [5, 5.41) is 2.38. The molecule has 3 rings (SSSR count). The van der Waals surface area contributed by atoms with E-state index >= 15 is 0 Å². The molecule has 1 aromatic carbocycles. The number of piperazine rings is 1. The van der Waals surface area contributed by atoms with Crippen molar-refractivity contribution in [3.63, 3.8) is 0 Å². The molecule has 0 spiro atoms. The Hall–Kier alpha value is -2.90. The number of imide groups is 1. The molecular formula is C18H22N4O4. The minimum absolute atomic E-state index is 0.0924. The van der Waals surface area contributed by atoms with E-state index in [0.29, 0.717) is 19.6 Å². The second-order valence-electron chi connectivity index (χ2n) is 6.65. The van der Waals surface area contributed by atoms with Crippen molar-refractivity contribution < 1.29 is 19.2 Å². The Bertz CT molecular complexity index is 747. The van der Waals surface area contributed by atoms with Gasteiger partial charge in [0.1, 0.15) is 12.6 Å². The van der Waals surface area contributed by atoms with Crippen molar-refractivity contribution in [3.8, 4) is 0 Å². The summed E-state index contributed by atoms with van der Waals surface area (Å²) in [6.07, 6.45) is 0. The van der Waals surface area contributed by atoms with Crippen LogP contribution < -0.4 is 5.32 Å². The smallest absolute Gasteiger partial charge is 0.325 e. The lowest BCUT2D eigenvalue weighted by Gasteiger charge is -2.39. The molecule has 0 aromatic heterocycles. The lowest BCUT2D eigenvalue weighted by Crippen LogP contribution is -2.59. The molecule has 2 fully saturated rings. The molecule has 5 amide bonds. The summed E-state index contributed by atoms with van der Waals surface area (Å²) in [6.45, 7) is 4.55. The van der Waals surface area contributed by atoms with E-state index in [-0.39, 0.29) is 19.0 Å². The number of hydrogen-bond donors (Lipinski definition) is 1. The van der Waals surface area contributed by atoms with E-state index in [4.69, 9.17) is 0 Å². The van der Waals surface area contributed by atoms with Crippen LogP contribution in [0.1, 0.15) is 18.1 Å². The number of nitrogens with one attached hydrogen (secondary N) is 1. The predicted octanol–water partition coefficient (Wildman–Crippen LogP) is 0.106. The highest BCUT2D eigenvalue weighted by Gasteiger charge is 2.37. The van der Waals surface area contributed by atoms with Gasteiger partial charge in [0.05, 0.1) is 6.54 Å². The molecule has 138 valence electrons. The Labute approximate surface area is 151 Å². The molecule has 2 aliphatic rings. The fourth-order valence-corrected chi connectivity index (χ4v) is 3.30. The van der Waals surface area contributed by atoms with Crippen molar-refractivity contribution in [2.45, 2.75) is 26.4 Å². The first-order valence-corrected chi connectivity index (χ1v) is 8.59. The number of nitrogens with zero attached hydrogens (tertiary/aromatic N) is 3. The zero-order valence-corrected chi connectivity index (χ0v) is 14.9. The topological polar surface area (TPSA) is 90.0 Å². The highest BCUT2D eigenvalue weighted by atomic mass is 16.2. The zero-order valence-electron chi connectivity index (χ0n) is 14.9. The molecular weight excluding hydrogens is 336 g/mol. The van der Waals surface area contributed by atoms with Gasteiger partial charge in [0.25, 0.3) is 5.91 Å². The standard InChI is InChI=1S/C18H22N4O4/c1-12-4-3-5-14(8-12)10-20-6-7-21(13(2)17(20)25)16(24)11-22-15(23)9-19-18(22)26/h3-5,8,13H,6-7,9-11H2,1-2H3,(H,19,26)/t13-/m1/s1. The number of aryl methyl sites for hydroxylation is 1. The molecule has 2 saturated heterocycles. The van der Waals surface area contributed by atoms with Gasteiger partial charge in [-0.3, -0.25) is 19.3 Å². The van der Waals surface area contributed by atoms with Crippen molar-refractivity contribution in [2.24, 2.45) is 0 Å². The summed E-state index contributed by atoms with van der Waals surface area (Å²) in [7, 11) is 0. The Balaban J connectivity index is 1.63. The summed E-state index contributed by atoms with van der Waals surface area (Å²) in [5.74, 6) is -0.963. The van der Waals surface area contributed by atoms with Gasteiger partial charge >= 0.3 is 6.03 Å². The van der Waals surface area contributed by atoms with Crippen LogP contribution >= 0.6 is 0 Å². The molecule has 2 aliphatic heterocycles. The van der Waals surface area contributed by atoms with E-state index in [1.807, 2.05) is 31.2 Å². The molecule has 8 heteroatoms. The maximum absolute atomic E-state index is 12.7. The van der Waals surface area contributed by atoms with Gasteiger partial charge in [-0.1, -0.05) is 29.8 Å². The van der Waals surface area contributed by atoms with Gasteiger partial charge < -0.3 is 15.1 Å². The second-order valence-corrected chi connectivity index (χ2v) is 6.65. The molecule has 0 unspecified atom stereocenters. The molecule has 26 heavy (non-hydrogen) atoms. The minimum atomic E-state index is -0.623. The second kappa shape index (κ2) is 7.15. The fraction of sp³-hybridized carbons (Fsp3) is 0.444. The first kappa shape index (κ1) is 17.9. The Kier molecular flexibility index (Phi) is 4.92. The minimum Gasteiger partial charge on any atom is -0.335 e. The molecule has 0 radical (unpaired) electrons. The highest BCUT2D eigenvalue weighted by Crippen LogP contribution is 2.16. The van der Waals surface area contributed by atoms with Crippen molar-refractivity contribution in [3.05, 3.63) is 35.4 Å². The van der Waals surface area contributed by atoms with Crippen LogP contribution in [0, 0.1) is 6.92 Å². The number of hydrogen-bond acceptors (Lipinski definition) is 4. The summed E-state index contributed by atoms with van der Waals surface area (Å²) in [5.41, 5.74) is 2.18. The summed E-state index contributed by atoms with van der Waals surface area (Å²) in [4.78, 5) is 52.4. The number of amides is 5. The van der Waals surface area contributed by atoms with Gasteiger partial charge in [-0.05, 0) is 19.4 Å². The van der Waals surface area contributed by atoms with Gasteiger partial charge in [0, 0.05) is 19.6 Å².